The van der Waals surface area contributed by atoms with Crippen LogP contribution >= 0.6 is 0 Å². The lowest BCUT2D eigenvalue weighted by molar-refractivity contribution is 0.498. The highest BCUT2D eigenvalue weighted by molar-refractivity contribution is 6.01. The first-order valence-electron chi connectivity index (χ1n) is 14.3. The summed E-state index contributed by atoms with van der Waals surface area (Å²) in [5, 5.41) is 0. The number of hydrogen-bond donors (Lipinski definition) is 0. The average molecular weight is 519 g/mol. The van der Waals surface area contributed by atoms with Crippen LogP contribution in [0.3, 0.4) is 0 Å². The van der Waals surface area contributed by atoms with Crippen molar-refractivity contribution in [1.82, 2.24) is 19.9 Å². The van der Waals surface area contributed by atoms with Crippen molar-refractivity contribution in [3.8, 4) is 0 Å². The van der Waals surface area contributed by atoms with Gasteiger partial charge in [0, 0.05) is 32.8 Å². The Morgan fingerprint density at radius 2 is 0.421 bits per heavy atom. The molecule has 4 heteroatoms. The molecule has 0 amide bonds. The largest absolute Gasteiger partial charge is 0.248 e. The van der Waals surface area contributed by atoms with E-state index in [1.807, 2.05) is 0 Å². The summed E-state index contributed by atoms with van der Waals surface area (Å²) in [6, 6.07) is 0. The van der Waals surface area contributed by atoms with Crippen molar-refractivity contribution in [2.45, 2.75) is 157 Å². The number of aromatic nitrogens is 4. The molecule has 0 saturated carbocycles. The minimum Gasteiger partial charge on any atom is -0.248 e. The van der Waals surface area contributed by atoms with E-state index in [-0.39, 0.29) is 32.5 Å². The zero-order chi connectivity index (χ0) is 29.6. The first-order chi connectivity index (χ1) is 16.7. The van der Waals surface area contributed by atoms with Gasteiger partial charge in [0.25, 0.3) is 0 Å². The van der Waals surface area contributed by atoms with E-state index in [1.54, 1.807) is 0 Å². The van der Waals surface area contributed by atoms with Gasteiger partial charge < -0.3 is 0 Å². The van der Waals surface area contributed by atoms with Crippen LogP contribution in [0.5, 0.6) is 0 Å². The average Bonchev–Trinajstić information content (AvgIpc) is 2.65. The van der Waals surface area contributed by atoms with Gasteiger partial charge >= 0.3 is 0 Å². The quantitative estimate of drug-likeness (QED) is 0.278. The number of benzene rings is 1. The molecular weight excluding hydrogens is 464 g/mol. The smallest absolute Gasteiger partial charge is 0.0954 e. The van der Waals surface area contributed by atoms with Crippen molar-refractivity contribution in [2.75, 3.05) is 0 Å². The predicted octanol–water partition coefficient (Wildman–Crippen LogP) is 9.36. The summed E-state index contributed by atoms with van der Waals surface area (Å²) in [6.07, 6.45) is 0. The molecule has 38 heavy (non-hydrogen) atoms. The minimum absolute atomic E-state index is 0.145. The lowest BCUT2D eigenvalue weighted by Crippen LogP contribution is -2.29. The number of fused-ring (bicyclic) bond motifs is 2. The van der Waals surface area contributed by atoms with Gasteiger partial charge in [-0.15, -0.1) is 0 Å². The lowest BCUT2D eigenvalue weighted by Gasteiger charge is -2.34. The highest BCUT2D eigenvalue weighted by Gasteiger charge is 2.37. The Labute approximate surface area is 232 Å². The molecule has 2 aromatic heterocycles. The molecule has 0 radical (unpaired) electrons. The summed E-state index contributed by atoms with van der Waals surface area (Å²) in [5.41, 5.74) is 9.49. The van der Waals surface area contributed by atoms with Crippen molar-refractivity contribution >= 4 is 22.1 Å². The monoisotopic (exact) mass is 518 g/mol. The van der Waals surface area contributed by atoms with Crippen LogP contribution in [0, 0.1) is 0 Å². The van der Waals surface area contributed by atoms with E-state index in [4.69, 9.17) is 19.9 Å². The number of rotatable bonds is 0. The molecule has 0 saturated heterocycles. The maximum atomic E-state index is 5.54. The van der Waals surface area contributed by atoms with E-state index in [0.29, 0.717) is 0 Å². The molecule has 1 aromatic carbocycles. The number of nitrogens with zero attached hydrogens (tertiary/aromatic N) is 4. The second-order valence-corrected chi connectivity index (χ2v) is 17.5. The molecule has 3 rings (SSSR count). The van der Waals surface area contributed by atoms with Crippen LogP contribution in [0.4, 0.5) is 0 Å². The molecule has 0 N–H and O–H groups in total. The van der Waals surface area contributed by atoms with Crippen LogP contribution in [-0.4, -0.2) is 19.9 Å². The van der Waals surface area contributed by atoms with Crippen molar-refractivity contribution in [1.29, 1.82) is 0 Å². The lowest BCUT2D eigenvalue weighted by atomic mass is 9.76. The van der Waals surface area contributed by atoms with Crippen LogP contribution < -0.4 is 0 Å². The van der Waals surface area contributed by atoms with Gasteiger partial charge in [0.1, 0.15) is 0 Å². The standard InChI is InChI=1S/C34H54N4/c1-29(2,3)19-21-23(37-27(33(13,14)15)25(35-21)31(7,8)9)20(30(4,5)6)24-22(19)36-26(32(10,11)12)28(38-24)34(16,17)18/h1-18H3. The van der Waals surface area contributed by atoms with E-state index in [2.05, 4.69) is 125 Å². The SMILES string of the molecule is CC(C)(C)c1nc2c(C(C)(C)C)c3nc(C(C)(C)C)c(C(C)(C)C)nc3c(C(C)(C)C)c2nc1C(C)(C)C. The molecule has 0 unspecified atom stereocenters. The maximum absolute atomic E-state index is 5.54. The first-order valence-corrected chi connectivity index (χ1v) is 14.3. The van der Waals surface area contributed by atoms with Gasteiger partial charge in [0.15, 0.2) is 0 Å². The van der Waals surface area contributed by atoms with Crippen molar-refractivity contribution in [3.05, 3.63) is 33.9 Å². The van der Waals surface area contributed by atoms with E-state index in [0.717, 1.165) is 56.0 Å². The van der Waals surface area contributed by atoms with Gasteiger partial charge in [-0.25, -0.2) is 19.9 Å². The topological polar surface area (TPSA) is 51.6 Å². The van der Waals surface area contributed by atoms with Crippen LogP contribution in [-0.2, 0) is 32.5 Å². The molecule has 0 aliphatic rings. The zero-order valence-corrected chi connectivity index (χ0v) is 27.8. The molecule has 2 heterocycles. The third-order valence-corrected chi connectivity index (χ3v) is 7.08. The van der Waals surface area contributed by atoms with Crippen molar-refractivity contribution in [3.63, 3.8) is 0 Å². The fourth-order valence-corrected chi connectivity index (χ4v) is 5.30. The molecule has 3 aromatic rings. The summed E-state index contributed by atoms with van der Waals surface area (Å²) in [7, 11) is 0. The summed E-state index contributed by atoms with van der Waals surface area (Å²) >= 11 is 0. The van der Waals surface area contributed by atoms with E-state index >= 15 is 0 Å². The third-order valence-electron chi connectivity index (χ3n) is 7.08. The summed E-state index contributed by atoms with van der Waals surface area (Å²) in [6.45, 7) is 40.5. The predicted molar refractivity (Wildman–Crippen MR) is 165 cm³/mol. The van der Waals surface area contributed by atoms with Crippen LogP contribution in [0.2, 0.25) is 0 Å². The first kappa shape index (κ1) is 30.4. The Balaban J connectivity index is 2.87. The summed E-state index contributed by atoms with van der Waals surface area (Å²) < 4.78 is 0. The Bertz CT molecular complexity index is 1180. The van der Waals surface area contributed by atoms with Gasteiger partial charge in [-0.2, -0.15) is 0 Å². The Kier molecular flexibility index (Phi) is 6.97. The highest BCUT2D eigenvalue weighted by Crippen LogP contribution is 2.45. The third kappa shape index (κ3) is 5.47. The van der Waals surface area contributed by atoms with Gasteiger partial charge in [-0.05, 0) is 10.8 Å². The molecular formula is C34H54N4. The Hall–Kier alpha value is -2.10. The van der Waals surface area contributed by atoms with Gasteiger partial charge in [-0.3, -0.25) is 0 Å². The second-order valence-electron chi connectivity index (χ2n) is 17.5. The van der Waals surface area contributed by atoms with E-state index in [9.17, 15) is 0 Å². The molecule has 0 aliphatic heterocycles. The maximum Gasteiger partial charge on any atom is 0.0954 e. The molecule has 0 fully saturated rings. The van der Waals surface area contributed by atoms with Gasteiger partial charge in [0.2, 0.25) is 0 Å². The summed E-state index contributed by atoms with van der Waals surface area (Å²) in [5.74, 6) is 0. The molecule has 0 atom stereocenters. The molecule has 0 spiro atoms. The van der Waals surface area contributed by atoms with E-state index in [1.165, 1.54) is 0 Å². The van der Waals surface area contributed by atoms with Crippen molar-refractivity contribution in [2.24, 2.45) is 0 Å². The number of hydrogen-bond acceptors (Lipinski definition) is 4. The van der Waals surface area contributed by atoms with Crippen LogP contribution in [0.1, 0.15) is 159 Å². The van der Waals surface area contributed by atoms with E-state index < -0.39 is 0 Å². The second kappa shape index (κ2) is 8.70. The molecule has 0 aliphatic carbocycles. The highest BCUT2D eigenvalue weighted by atomic mass is 14.9. The van der Waals surface area contributed by atoms with Gasteiger partial charge in [0.05, 0.1) is 44.8 Å². The molecule has 210 valence electrons. The van der Waals surface area contributed by atoms with Crippen LogP contribution in [0.15, 0.2) is 0 Å². The Morgan fingerprint density at radius 1 is 0.263 bits per heavy atom. The fourth-order valence-electron chi connectivity index (χ4n) is 5.30. The minimum atomic E-state index is -0.201. The normalized spacial score (nSPS) is 14.6. The van der Waals surface area contributed by atoms with Crippen LogP contribution in [0.25, 0.3) is 22.1 Å². The fraction of sp³-hybridized carbons (Fsp3) is 0.706. The summed E-state index contributed by atoms with van der Waals surface area (Å²) in [4.78, 5) is 22.1. The molecule has 0 bridgehead atoms. The Morgan fingerprint density at radius 3 is 0.526 bits per heavy atom. The zero-order valence-electron chi connectivity index (χ0n) is 27.8. The molecule has 4 nitrogen and oxygen atoms in total. The van der Waals surface area contributed by atoms with Gasteiger partial charge in [-0.1, -0.05) is 125 Å². The van der Waals surface area contributed by atoms with Crippen molar-refractivity contribution < 1.29 is 0 Å².